The van der Waals surface area contributed by atoms with E-state index in [1.165, 1.54) is 37.3 Å². The number of benzene rings is 2. The number of hydrogen-bond acceptors (Lipinski definition) is 5. The van der Waals surface area contributed by atoms with Crippen molar-refractivity contribution in [1.29, 1.82) is 0 Å². The fourth-order valence-electron chi connectivity index (χ4n) is 2.00. The van der Waals surface area contributed by atoms with Gasteiger partial charge in [-0.3, -0.25) is 35.9 Å². The van der Waals surface area contributed by atoms with Gasteiger partial charge in [0, 0.05) is 27.8 Å². The Labute approximate surface area is 158 Å². The third kappa shape index (κ3) is 4.98. The maximum absolute atomic E-state index is 12.1. The summed E-state index contributed by atoms with van der Waals surface area (Å²) in [6, 6.07) is 10.1. The van der Waals surface area contributed by atoms with E-state index in [1.807, 2.05) is 0 Å². The van der Waals surface area contributed by atoms with Crippen LogP contribution in [0.2, 0.25) is 5.02 Å². The first-order valence-electron chi connectivity index (χ1n) is 7.20. The monoisotopic (exact) mass is 392 g/mol. The lowest BCUT2D eigenvalue weighted by Crippen LogP contribution is -2.48. The summed E-state index contributed by atoms with van der Waals surface area (Å²) < 4.78 is 0. The van der Waals surface area contributed by atoms with Gasteiger partial charge in [0.1, 0.15) is 0 Å². The number of rotatable bonds is 3. The fraction of sp³-hybridized carbons (Fsp3) is 0.0625. The van der Waals surface area contributed by atoms with Crippen LogP contribution in [-0.4, -0.2) is 21.9 Å². The first-order chi connectivity index (χ1) is 12.3. The molecule has 0 unspecified atom stereocenters. The summed E-state index contributed by atoms with van der Waals surface area (Å²) in [6.07, 6.45) is 0. The molecule has 0 aromatic heterocycles. The minimum atomic E-state index is -0.568. The summed E-state index contributed by atoms with van der Waals surface area (Å²) in [7, 11) is 0. The minimum absolute atomic E-state index is 0.0857. The van der Waals surface area contributed by atoms with E-state index in [0.717, 1.165) is 0 Å². The van der Waals surface area contributed by atoms with Gasteiger partial charge in [-0.05, 0) is 55.5 Å². The van der Waals surface area contributed by atoms with Gasteiger partial charge in [-0.1, -0.05) is 11.6 Å². The summed E-state index contributed by atoms with van der Waals surface area (Å²) in [5.41, 5.74) is 5.54. The van der Waals surface area contributed by atoms with E-state index in [1.54, 1.807) is 12.1 Å². The summed E-state index contributed by atoms with van der Waals surface area (Å²) >= 11 is 10.7. The molecule has 0 bridgehead atoms. The Morgan fingerprint density at radius 2 is 1.65 bits per heavy atom. The predicted octanol–water partition coefficient (Wildman–Crippen LogP) is 2.51. The zero-order chi connectivity index (χ0) is 19.3. The quantitative estimate of drug-likeness (QED) is 0.420. The fourth-order valence-corrected chi connectivity index (χ4v) is 2.26. The molecular weight excluding hydrogens is 380 g/mol. The number of halogens is 1. The van der Waals surface area contributed by atoms with E-state index < -0.39 is 16.7 Å². The Hall–Kier alpha value is -3.04. The van der Waals surface area contributed by atoms with E-state index in [0.29, 0.717) is 16.1 Å². The number of hydrogen-bond donors (Lipinski definition) is 3. The molecule has 0 spiro atoms. The highest BCUT2D eigenvalue weighted by Gasteiger charge is 2.15. The molecule has 0 aliphatic heterocycles. The number of carbonyl (C=O) groups excluding carboxylic acids is 2. The van der Waals surface area contributed by atoms with Gasteiger partial charge in [-0.15, -0.1) is 0 Å². The number of hydrazine groups is 1. The number of amides is 2. The summed E-state index contributed by atoms with van der Waals surface area (Å²) in [5.74, 6) is -1.04. The van der Waals surface area contributed by atoms with Gasteiger partial charge >= 0.3 is 0 Å². The van der Waals surface area contributed by atoms with Gasteiger partial charge in [-0.2, -0.15) is 0 Å². The maximum Gasteiger partial charge on any atom is 0.272 e. The largest absolute Gasteiger partial charge is 0.298 e. The van der Waals surface area contributed by atoms with Gasteiger partial charge in [0.15, 0.2) is 5.11 Å². The van der Waals surface area contributed by atoms with Crippen LogP contribution in [0.15, 0.2) is 42.5 Å². The van der Waals surface area contributed by atoms with Crippen LogP contribution in [0.4, 0.5) is 5.69 Å². The molecule has 0 radical (unpaired) electrons. The zero-order valence-corrected chi connectivity index (χ0v) is 15.0. The lowest BCUT2D eigenvalue weighted by atomic mass is 10.1. The molecule has 0 aliphatic rings. The van der Waals surface area contributed by atoms with Crippen LogP contribution in [0.1, 0.15) is 26.3 Å². The molecule has 0 saturated carbocycles. The number of nitro groups is 1. The number of nitrogens with one attached hydrogen (secondary N) is 3. The molecule has 134 valence electrons. The molecule has 0 atom stereocenters. The van der Waals surface area contributed by atoms with Crippen LogP contribution in [0.5, 0.6) is 0 Å². The third-order valence-corrected chi connectivity index (χ3v) is 3.73. The molecule has 8 nitrogen and oxygen atoms in total. The van der Waals surface area contributed by atoms with E-state index in [9.17, 15) is 19.7 Å². The second-order valence-electron chi connectivity index (χ2n) is 5.13. The van der Waals surface area contributed by atoms with Crippen molar-refractivity contribution in [1.82, 2.24) is 16.2 Å². The average molecular weight is 393 g/mol. The standard InChI is InChI=1S/C16H13ClN4O4S/c1-9-8-11(4-7-13(9)21(24)25)14(22)18-16(26)20-19-15(23)10-2-5-12(17)6-3-10/h2-8H,1H3,(H,19,23)(H2,18,20,22,26). The predicted molar refractivity (Wildman–Crippen MR) is 100.0 cm³/mol. The van der Waals surface area contributed by atoms with Gasteiger partial charge in [-0.25, -0.2) is 0 Å². The highest BCUT2D eigenvalue weighted by molar-refractivity contribution is 7.80. The summed E-state index contributed by atoms with van der Waals surface area (Å²) in [5, 5.41) is 13.5. The molecule has 0 fully saturated rings. The molecule has 2 aromatic carbocycles. The smallest absolute Gasteiger partial charge is 0.272 e. The zero-order valence-electron chi connectivity index (χ0n) is 13.4. The third-order valence-electron chi connectivity index (χ3n) is 3.28. The van der Waals surface area contributed by atoms with E-state index in [4.69, 9.17) is 23.8 Å². The highest BCUT2D eigenvalue weighted by Crippen LogP contribution is 2.18. The number of thiocarbonyl (C=S) groups is 1. The Kier molecular flexibility index (Phi) is 6.21. The van der Waals surface area contributed by atoms with Crippen molar-refractivity contribution in [2.75, 3.05) is 0 Å². The van der Waals surface area contributed by atoms with Crippen molar-refractivity contribution >= 4 is 46.4 Å². The molecule has 0 heterocycles. The SMILES string of the molecule is Cc1cc(C(=O)NC(=S)NNC(=O)c2ccc(Cl)cc2)ccc1[N+](=O)[O-]. The Bertz CT molecular complexity index is 886. The topological polar surface area (TPSA) is 113 Å². The van der Waals surface area contributed by atoms with Gasteiger partial charge < -0.3 is 0 Å². The maximum atomic E-state index is 12.1. The number of carbonyl (C=O) groups is 2. The Morgan fingerprint density at radius 1 is 1.04 bits per heavy atom. The van der Waals surface area contributed by atoms with Gasteiger partial charge in [0.25, 0.3) is 17.5 Å². The Morgan fingerprint density at radius 3 is 2.23 bits per heavy atom. The van der Waals surface area contributed by atoms with Crippen molar-refractivity contribution in [2.45, 2.75) is 6.92 Å². The van der Waals surface area contributed by atoms with E-state index >= 15 is 0 Å². The minimum Gasteiger partial charge on any atom is -0.298 e. The van der Waals surface area contributed by atoms with Crippen molar-refractivity contribution in [3.63, 3.8) is 0 Å². The van der Waals surface area contributed by atoms with Crippen molar-refractivity contribution in [3.8, 4) is 0 Å². The molecule has 3 N–H and O–H groups in total. The van der Waals surface area contributed by atoms with E-state index in [2.05, 4.69) is 16.2 Å². The van der Waals surface area contributed by atoms with Crippen LogP contribution in [0, 0.1) is 17.0 Å². The van der Waals surface area contributed by atoms with Gasteiger partial charge in [0.2, 0.25) is 0 Å². The van der Waals surface area contributed by atoms with Crippen LogP contribution in [0.25, 0.3) is 0 Å². The van der Waals surface area contributed by atoms with Crippen LogP contribution >= 0.6 is 23.8 Å². The van der Waals surface area contributed by atoms with Gasteiger partial charge in [0.05, 0.1) is 4.92 Å². The highest BCUT2D eigenvalue weighted by atomic mass is 35.5. The second kappa shape index (κ2) is 8.37. The molecular formula is C16H13ClN4O4S. The first kappa shape index (κ1) is 19.3. The Balaban J connectivity index is 1.92. The summed E-state index contributed by atoms with van der Waals surface area (Å²) in [4.78, 5) is 34.3. The first-order valence-corrected chi connectivity index (χ1v) is 7.99. The number of aryl methyl sites for hydroxylation is 1. The number of nitro benzene ring substituents is 1. The normalized spacial score (nSPS) is 9.92. The van der Waals surface area contributed by atoms with Crippen LogP contribution in [0.3, 0.4) is 0 Å². The summed E-state index contributed by atoms with van der Waals surface area (Å²) in [6.45, 7) is 1.53. The van der Waals surface area contributed by atoms with E-state index in [-0.39, 0.29) is 16.4 Å². The molecule has 26 heavy (non-hydrogen) atoms. The lowest BCUT2D eigenvalue weighted by Gasteiger charge is -2.11. The van der Waals surface area contributed by atoms with Crippen molar-refractivity contribution in [2.24, 2.45) is 0 Å². The molecule has 2 aromatic rings. The van der Waals surface area contributed by atoms with Crippen molar-refractivity contribution < 1.29 is 14.5 Å². The molecule has 10 heteroatoms. The average Bonchev–Trinajstić information content (AvgIpc) is 2.59. The lowest BCUT2D eigenvalue weighted by molar-refractivity contribution is -0.385. The molecule has 2 rings (SSSR count). The number of nitrogens with zero attached hydrogens (tertiary/aromatic N) is 1. The van der Waals surface area contributed by atoms with Crippen molar-refractivity contribution in [3.05, 3.63) is 74.3 Å². The second-order valence-corrected chi connectivity index (χ2v) is 5.97. The van der Waals surface area contributed by atoms with Crippen LogP contribution < -0.4 is 16.2 Å². The van der Waals surface area contributed by atoms with Crippen LogP contribution in [-0.2, 0) is 0 Å². The molecule has 0 saturated heterocycles. The molecule has 0 aliphatic carbocycles. The molecule has 2 amide bonds.